The highest BCUT2D eigenvalue weighted by molar-refractivity contribution is 6.77. The van der Waals surface area contributed by atoms with Gasteiger partial charge >= 0.3 is 0 Å². The summed E-state index contributed by atoms with van der Waals surface area (Å²) in [5.41, 5.74) is 0. The van der Waals surface area contributed by atoms with Crippen LogP contribution in [-0.2, 0) is 0 Å². The van der Waals surface area contributed by atoms with Crippen LogP contribution < -0.4 is 0 Å². The van der Waals surface area contributed by atoms with Crippen LogP contribution >= 0.6 is 0 Å². The van der Waals surface area contributed by atoms with Gasteiger partial charge < -0.3 is 0 Å². The molecule has 0 N–H and O–H groups in total. The van der Waals surface area contributed by atoms with Crippen LogP contribution in [0.3, 0.4) is 0 Å². The molecule has 0 unspecified atom stereocenters. The summed E-state index contributed by atoms with van der Waals surface area (Å²) in [6.07, 6.45) is 8.58. The smallest absolute Gasteiger partial charge is 0.0476 e. The summed E-state index contributed by atoms with van der Waals surface area (Å²) >= 11 is 0. The van der Waals surface area contributed by atoms with E-state index in [1.54, 1.807) is 0 Å². The van der Waals surface area contributed by atoms with E-state index in [0.717, 1.165) is 0 Å². The molecule has 72 valence electrons. The molecule has 0 saturated carbocycles. The fourth-order valence-corrected chi connectivity index (χ4v) is 3.93. The van der Waals surface area contributed by atoms with Crippen molar-refractivity contribution in [3.63, 3.8) is 0 Å². The summed E-state index contributed by atoms with van der Waals surface area (Å²) in [5.74, 6) is 0. The average molecular weight is 184 g/mol. The van der Waals surface area contributed by atoms with E-state index in [9.17, 15) is 0 Å². The molecule has 0 aliphatic rings. The quantitative estimate of drug-likeness (QED) is 0.422. The molecule has 0 atom stereocenters. The van der Waals surface area contributed by atoms with Gasteiger partial charge in [-0.1, -0.05) is 57.1 Å². The second-order valence-electron chi connectivity index (χ2n) is 4.38. The molecule has 0 heterocycles. The third-order valence-electron chi connectivity index (χ3n) is 2.43. The Labute approximate surface area is 79.1 Å². The second kappa shape index (κ2) is 6.47. The zero-order valence-electron chi connectivity index (χ0n) is 9.19. The molecule has 0 bridgehead atoms. The Balaban J connectivity index is 3.55. The van der Waals surface area contributed by atoms with Crippen molar-refractivity contribution in [3.8, 4) is 0 Å². The van der Waals surface area contributed by atoms with Gasteiger partial charge in [0.2, 0.25) is 0 Å². The minimum atomic E-state index is -0.813. The number of rotatable bonds is 6. The SMILES string of the molecule is C/C=C/CC[Si](C)(C)CCCC. The van der Waals surface area contributed by atoms with E-state index in [4.69, 9.17) is 0 Å². The van der Waals surface area contributed by atoms with Crippen LogP contribution in [0.2, 0.25) is 25.2 Å². The van der Waals surface area contributed by atoms with E-state index < -0.39 is 8.07 Å². The van der Waals surface area contributed by atoms with Crippen LogP contribution in [0.4, 0.5) is 0 Å². The molecule has 0 fully saturated rings. The van der Waals surface area contributed by atoms with Crippen molar-refractivity contribution >= 4 is 8.07 Å². The highest BCUT2D eigenvalue weighted by atomic mass is 28.3. The van der Waals surface area contributed by atoms with Crippen molar-refractivity contribution in [2.45, 2.75) is 58.3 Å². The van der Waals surface area contributed by atoms with E-state index >= 15 is 0 Å². The number of unbranched alkanes of at least 4 members (excludes halogenated alkanes) is 1. The van der Waals surface area contributed by atoms with Gasteiger partial charge in [0, 0.05) is 8.07 Å². The predicted molar refractivity (Wildman–Crippen MR) is 61.4 cm³/mol. The van der Waals surface area contributed by atoms with Crippen LogP contribution in [-0.4, -0.2) is 8.07 Å². The van der Waals surface area contributed by atoms with Crippen molar-refractivity contribution in [1.29, 1.82) is 0 Å². The van der Waals surface area contributed by atoms with Gasteiger partial charge in [-0.2, -0.15) is 0 Å². The van der Waals surface area contributed by atoms with Gasteiger partial charge in [-0.15, -0.1) is 0 Å². The number of hydrogen-bond donors (Lipinski definition) is 0. The summed E-state index contributed by atoms with van der Waals surface area (Å²) in [6, 6.07) is 2.98. The first kappa shape index (κ1) is 12.0. The monoisotopic (exact) mass is 184 g/mol. The third kappa shape index (κ3) is 6.65. The topological polar surface area (TPSA) is 0 Å². The fourth-order valence-electron chi connectivity index (χ4n) is 1.42. The van der Waals surface area contributed by atoms with Gasteiger partial charge in [-0.3, -0.25) is 0 Å². The molecule has 0 aliphatic heterocycles. The maximum atomic E-state index is 2.52. The maximum Gasteiger partial charge on any atom is 0.0476 e. The lowest BCUT2D eigenvalue weighted by Gasteiger charge is -2.20. The van der Waals surface area contributed by atoms with Gasteiger partial charge in [-0.05, 0) is 13.3 Å². The standard InChI is InChI=1S/C11H24Si/c1-5-7-9-11-12(3,4)10-8-6-2/h5,7H,6,8-11H2,1-4H3/b7-5+. The van der Waals surface area contributed by atoms with Gasteiger partial charge in [0.1, 0.15) is 0 Å². The maximum absolute atomic E-state index is 2.52. The fraction of sp³-hybridized carbons (Fsp3) is 0.818. The van der Waals surface area contributed by atoms with Gasteiger partial charge in [0.15, 0.2) is 0 Å². The molecule has 0 amide bonds. The molecular weight excluding hydrogens is 160 g/mol. The lowest BCUT2D eigenvalue weighted by Crippen LogP contribution is -2.24. The van der Waals surface area contributed by atoms with Crippen molar-refractivity contribution in [1.82, 2.24) is 0 Å². The number of allylic oxidation sites excluding steroid dienone is 2. The Morgan fingerprint density at radius 1 is 1.17 bits per heavy atom. The average Bonchev–Trinajstić information content (AvgIpc) is 2.01. The highest BCUT2D eigenvalue weighted by Crippen LogP contribution is 2.20. The lowest BCUT2D eigenvalue weighted by atomic mass is 10.4. The Morgan fingerprint density at radius 2 is 1.83 bits per heavy atom. The Bertz CT molecular complexity index is 125. The van der Waals surface area contributed by atoms with Crippen molar-refractivity contribution < 1.29 is 0 Å². The van der Waals surface area contributed by atoms with Crippen LogP contribution in [0.15, 0.2) is 12.2 Å². The first-order valence-corrected chi connectivity index (χ1v) is 8.65. The van der Waals surface area contributed by atoms with Gasteiger partial charge in [-0.25, -0.2) is 0 Å². The molecule has 1 heteroatoms. The molecule has 0 spiro atoms. The highest BCUT2D eigenvalue weighted by Gasteiger charge is 2.17. The minimum Gasteiger partial charge on any atom is -0.0917 e. The summed E-state index contributed by atoms with van der Waals surface area (Å²) in [4.78, 5) is 0. The second-order valence-corrected chi connectivity index (χ2v) is 9.70. The minimum absolute atomic E-state index is 0.813. The summed E-state index contributed by atoms with van der Waals surface area (Å²) < 4.78 is 0. The normalized spacial score (nSPS) is 12.7. The molecule has 0 aromatic heterocycles. The van der Waals surface area contributed by atoms with E-state index in [1.807, 2.05) is 0 Å². The third-order valence-corrected chi connectivity index (χ3v) is 5.78. The van der Waals surface area contributed by atoms with E-state index in [-0.39, 0.29) is 0 Å². The Kier molecular flexibility index (Phi) is 6.45. The molecule has 0 aromatic rings. The zero-order chi connectivity index (χ0) is 9.45. The Morgan fingerprint density at radius 3 is 2.33 bits per heavy atom. The van der Waals surface area contributed by atoms with Crippen LogP contribution in [0.5, 0.6) is 0 Å². The van der Waals surface area contributed by atoms with Crippen LogP contribution in [0, 0.1) is 0 Å². The molecule has 0 aromatic carbocycles. The van der Waals surface area contributed by atoms with Crippen LogP contribution in [0.1, 0.15) is 33.1 Å². The van der Waals surface area contributed by atoms with Crippen LogP contribution in [0.25, 0.3) is 0 Å². The first-order chi connectivity index (χ1) is 5.62. The van der Waals surface area contributed by atoms with E-state index in [2.05, 4.69) is 39.1 Å². The molecule has 0 radical (unpaired) electrons. The summed E-state index contributed by atoms with van der Waals surface area (Å²) in [5, 5.41) is 0. The summed E-state index contributed by atoms with van der Waals surface area (Å²) in [7, 11) is -0.813. The molecule has 0 saturated heterocycles. The largest absolute Gasteiger partial charge is 0.0917 e. The van der Waals surface area contributed by atoms with E-state index in [0.29, 0.717) is 0 Å². The Hall–Kier alpha value is -0.0431. The molecule has 12 heavy (non-hydrogen) atoms. The first-order valence-electron chi connectivity index (χ1n) is 5.23. The zero-order valence-corrected chi connectivity index (χ0v) is 10.2. The van der Waals surface area contributed by atoms with Gasteiger partial charge in [0.05, 0.1) is 0 Å². The summed E-state index contributed by atoms with van der Waals surface area (Å²) in [6.45, 7) is 9.44. The molecule has 0 nitrogen and oxygen atoms in total. The number of hydrogen-bond acceptors (Lipinski definition) is 0. The molecule has 0 rings (SSSR count). The van der Waals surface area contributed by atoms with Crippen molar-refractivity contribution in [2.24, 2.45) is 0 Å². The van der Waals surface area contributed by atoms with Gasteiger partial charge in [0.25, 0.3) is 0 Å². The van der Waals surface area contributed by atoms with Crippen molar-refractivity contribution in [3.05, 3.63) is 12.2 Å². The van der Waals surface area contributed by atoms with Crippen molar-refractivity contribution in [2.75, 3.05) is 0 Å². The molecule has 0 aliphatic carbocycles. The predicted octanol–water partition coefficient (Wildman–Crippen LogP) is 4.46. The lowest BCUT2D eigenvalue weighted by molar-refractivity contribution is 0.861. The molecular formula is C11H24Si. The van der Waals surface area contributed by atoms with E-state index in [1.165, 1.54) is 31.4 Å².